The number of nitrogens with zero attached hydrogens (tertiary/aromatic N) is 1. The van der Waals surface area contributed by atoms with Crippen molar-refractivity contribution in [2.45, 2.75) is 12.5 Å². The Bertz CT molecular complexity index is 701. The Kier molecular flexibility index (Phi) is 4.48. The summed E-state index contributed by atoms with van der Waals surface area (Å²) in [6, 6.07) is 14.6. The number of para-hydroxylation sites is 3. The van der Waals surface area contributed by atoms with Crippen LogP contribution in [-0.2, 0) is 4.79 Å². The fourth-order valence-corrected chi connectivity index (χ4v) is 2.76. The van der Waals surface area contributed by atoms with E-state index in [4.69, 9.17) is 9.47 Å². The summed E-state index contributed by atoms with van der Waals surface area (Å²) < 4.78 is 10.8. The Balaban J connectivity index is 1.73. The molecule has 1 N–H and O–H groups in total. The largest absolute Gasteiger partial charge is 0.493 e. The third-order valence-electron chi connectivity index (χ3n) is 3.93. The van der Waals surface area contributed by atoms with E-state index in [0.29, 0.717) is 24.5 Å². The number of methoxy groups -OCH3 is 1. The molecule has 0 aromatic heterocycles. The van der Waals surface area contributed by atoms with Crippen LogP contribution in [-0.4, -0.2) is 31.3 Å². The molecular weight excluding hydrogens is 294 g/mol. The maximum absolute atomic E-state index is 12.5. The normalized spacial score (nSPS) is 16.6. The van der Waals surface area contributed by atoms with Gasteiger partial charge < -0.3 is 19.5 Å². The molecule has 1 atom stereocenters. The first-order valence-electron chi connectivity index (χ1n) is 7.54. The zero-order chi connectivity index (χ0) is 16.2. The van der Waals surface area contributed by atoms with Gasteiger partial charge in [0.15, 0.2) is 18.1 Å². The Morgan fingerprint density at radius 1 is 1.17 bits per heavy atom. The maximum atomic E-state index is 12.5. The number of rotatable bonds is 4. The molecule has 0 saturated heterocycles. The molecule has 120 valence electrons. The molecule has 1 aliphatic rings. The molecule has 5 nitrogen and oxygen atoms in total. The summed E-state index contributed by atoms with van der Waals surface area (Å²) in [4.78, 5) is 14.2. The standard InChI is InChI=1S/C18H19NO4/c1-22-16-8-4-5-9-17(16)23-12-18(21)19-11-10-15(20)13-6-2-3-7-14(13)19/h2-9,15,20H,10-12H2,1H3. The van der Waals surface area contributed by atoms with Gasteiger partial charge in [-0.3, -0.25) is 4.79 Å². The van der Waals surface area contributed by atoms with Gasteiger partial charge in [0.1, 0.15) is 0 Å². The number of carbonyl (C=O) groups excluding carboxylic acids is 1. The Hall–Kier alpha value is -2.53. The van der Waals surface area contributed by atoms with Crippen LogP contribution in [0.25, 0.3) is 0 Å². The van der Waals surface area contributed by atoms with Crippen molar-refractivity contribution in [2.75, 3.05) is 25.2 Å². The van der Waals surface area contributed by atoms with Crippen molar-refractivity contribution in [3.63, 3.8) is 0 Å². The van der Waals surface area contributed by atoms with E-state index in [2.05, 4.69) is 0 Å². The van der Waals surface area contributed by atoms with Crippen LogP contribution >= 0.6 is 0 Å². The van der Waals surface area contributed by atoms with Gasteiger partial charge in [0, 0.05) is 17.8 Å². The minimum Gasteiger partial charge on any atom is -0.493 e. The molecule has 2 aromatic rings. The minimum atomic E-state index is -0.523. The van der Waals surface area contributed by atoms with Crippen LogP contribution in [0.5, 0.6) is 11.5 Å². The average molecular weight is 313 g/mol. The number of aliphatic hydroxyl groups excluding tert-OH is 1. The van der Waals surface area contributed by atoms with Crippen molar-refractivity contribution >= 4 is 11.6 Å². The van der Waals surface area contributed by atoms with Crippen LogP contribution in [0.4, 0.5) is 5.69 Å². The first kappa shape index (κ1) is 15.4. The topological polar surface area (TPSA) is 59.0 Å². The van der Waals surface area contributed by atoms with E-state index >= 15 is 0 Å². The van der Waals surface area contributed by atoms with Crippen molar-refractivity contribution in [3.8, 4) is 11.5 Å². The fourth-order valence-electron chi connectivity index (χ4n) is 2.76. The highest BCUT2D eigenvalue weighted by Gasteiger charge is 2.27. The molecule has 1 unspecified atom stereocenters. The summed E-state index contributed by atoms with van der Waals surface area (Å²) in [5.41, 5.74) is 1.53. The average Bonchev–Trinajstić information content (AvgIpc) is 2.60. The number of anilines is 1. The molecule has 0 radical (unpaired) electrons. The van der Waals surface area contributed by atoms with Crippen molar-refractivity contribution in [1.29, 1.82) is 0 Å². The molecule has 0 bridgehead atoms. The van der Waals surface area contributed by atoms with Crippen LogP contribution < -0.4 is 14.4 Å². The lowest BCUT2D eigenvalue weighted by Gasteiger charge is -2.32. The van der Waals surface area contributed by atoms with Crippen LogP contribution in [0.3, 0.4) is 0 Å². The van der Waals surface area contributed by atoms with Gasteiger partial charge in [-0.1, -0.05) is 30.3 Å². The van der Waals surface area contributed by atoms with E-state index in [1.54, 1.807) is 24.1 Å². The first-order chi connectivity index (χ1) is 11.2. The highest BCUT2D eigenvalue weighted by Crippen LogP contribution is 2.33. The van der Waals surface area contributed by atoms with E-state index in [1.165, 1.54) is 0 Å². The number of hydrogen-bond acceptors (Lipinski definition) is 4. The van der Waals surface area contributed by atoms with Gasteiger partial charge in [-0.2, -0.15) is 0 Å². The van der Waals surface area contributed by atoms with Crippen LogP contribution in [0.1, 0.15) is 18.1 Å². The number of carbonyl (C=O) groups is 1. The van der Waals surface area contributed by atoms with Crippen LogP contribution in [0, 0.1) is 0 Å². The minimum absolute atomic E-state index is 0.0786. The molecular formula is C18H19NO4. The van der Waals surface area contributed by atoms with E-state index in [1.807, 2.05) is 36.4 Å². The summed E-state index contributed by atoms with van der Waals surface area (Å²) in [6.07, 6.45) is 0.00242. The number of benzene rings is 2. The van der Waals surface area contributed by atoms with Gasteiger partial charge in [0.2, 0.25) is 0 Å². The number of hydrogen-bond donors (Lipinski definition) is 1. The maximum Gasteiger partial charge on any atom is 0.264 e. The lowest BCUT2D eigenvalue weighted by molar-refractivity contribution is -0.120. The Morgan fingerprint density at radius 2 is 1.87 bits per heavy atom. The van der Waals surface area contributed by atoms with Gasteiger partial charge in [0.25, 0.3) is 5.91 Å². The van der Waals surface area contributed by atoms with Gasteiger partial charge in [-0.05, 0) is 24.6 Å². The van der Waals surface area contributed by atoms with E-state index in [-0.39, 0.29) is 12.5 Å². The van der Waals surface area contributed by atoms with Crippen molar-refractivity contribution in [3.05, 3.63) is 54.1 Å². The molecule has 2 aromatic carbocycles. The zero-order valence-electron chi connectivity index (χ0n) is 12.9. The van der Waals surface area contributed by atoms with E-state index in [0.717, 1.165) is 11.3 Å². The molecule has 5 heteroatoms. The third-order valence-corrected chi connectivity index (χ3v) is 3.93. The van der Waals surface area contributed by atoms with E-state index in [9.17, 15) is 9.90 Å². The molecule has 0 saturated carbocycles. The Morgan fingerprint density at radius 3 is 2.65 bits per heavy atom. The highest BCUT2D eigenvalue weighted by molar-refractivity contribution is 5.95. The molecule has 3 rings (SSSR count). The molecule has 1 heterocycles. The van der Waals surface area contributed by atoms with E-state index < -0.39 is 6.10 Å². The monoisotopic (exact) mass is 313 g/mol. The van der Waals surface area contributed by atoms with Gasteiger partial charge in [0.05, 0.1) is 13.2 Å². The fraction of sp³-hybridized carbons (Fsp3) is 0.278. The molecule has 1 amide bonds. The number of fused-ring (bicyclic) bond motifs is 1. The van der Waals surface area contributed by atoms with Crippen molar-refractivity contribution in [1.82, 2.24) is 0 Å². The second kappa shape index (κ2) is 6.71. The summed E-state index contributed by atoms with van der Waals surface area (Å²) in [5.74, 6) is 0.985. The zero-order valence-corrected chi connectivity index (χ0v) is 12.9. The first-order valence-corrected chi connectivity index (χ1v) is 7.54. The summed E-state index contributed by atoms with van der Waals surface area (Å²) in [6.45, 7) is 0.400. The molecule has 0 spiro atoms. The van der Waals surface area contributed by atoms with Crippen LogP contribution in [0.2, 0.25) is 0 Å². The second-order valence-electron chi connectivity index (χ2n) is 5.35. The molecule has 1 aliphatic heterocycles. The van der Waals surface area contributed by atoms with Gasteiger partial charge in [-0.25, -0.2) is 0 Å². The summed E-state index contributed by atoms with van der Waals surface area (Å²) >= 11 is 0. The smallest absolute Gasteiger partial charge is 0.264 e. The lowest BCUT2D eigenvalue weighted by Crippen LogP contribution is -2.39. The number of aliphatic hydroxyl groups is 1. The van der Waals surface area contributed by atoms with Crippen molar-refractivity contribution in [2.24, 2.45) is 0 Å². The quantitative estimate of drug-likeness (QED) is 0.942. The molecule has 23 heavy (non-hydrogen) atoms. The van der Waals surface area contributed by atoms with Crippen LogP contribution in [0.15, 0.2) is 48.5 Å². The van der Waals surface area contributed by atoms with Gasteiger partial charge >= 0.3 is 0 Å². The lowest BCUT2D eigenvalue weighted by atomic mass is 9.99. The predicted molar refractivity (Wildman–Crippen MR) is 86.9 cm³/mol. The van der Waals surface area contributed by atoms with Gasteiger partial charge in [-0.15, -0.1) is 0 Å². The summed E-state index contributed by atoms with van der Waals surface area (Å²) in [5, 5.41) is 10.1. The van der Waals surface area contributed by atoms with Crippen molar-refractivity contribution < 1.29 is 19.4 Å². The molecule has 0 aliphatic carbocycles. The Labute approximate surface area is 135 Å². The summed E-state index contributed by atoms with van der Waals surface area (Å²) in [7, 11) is 1.56. The number of amides is 1. The second-order valence-corrected chi connectivity index (χ2v) is 5.35. The predicted octanol–water partition coefficient (Wildman–Crippen LogP) is 2.54. The third kappa shape index (κ3) is 3.14. The number of ether oxygens (including phenoxy) is 2. The highest BCUT2D eigenvalue weighted by atomic mass is 16.5. The SMILES string of the molecule is COc1ccccc1OCC(=O)N1CCC(O)c2ccccc21. The molecule has 0 fully saturated rings.